The van der Waals surface area contributed by atoms with E-state index in [0.717, 1.165) is 16.8 Å². The first-order valence-corrected chi connectivity index (χ1v) is 5.03. The van der Waals surface area contributed by atoms with Gasteiger partial charge in [0.05, 0.1) is 6.07 Å². The number of aromatic nitrogens is 1. The van der Waals surface area contributed by atoms with Crippen molar-refractivity contribution in [1.29, 1.82) is 0 Å². The van der Waals surface area contributed by atoms with Gasteiger partial charge in [0.25, 0.3) is 5.52 Å². The second-order valence-corrected chi connectivity index (χ2v) is 3.60. The number of phenolic OH excluding ortho intramolecular Hbond substituents is 1. The summed E-state index contributed by atoms with van der Waals surface area (Å²) in [6, 6.07) is 14.8. The maximum Gasteiger partial charge on any atom is 0.262 e. The molecule has 3 aromatic rings. The lowest BCUT2D eigenvalue weighted by Gasteiger charge is -1.92. The molecule has 3 rings (SSSR count). The summed E-state index contributed by atoms with van der Waals surface area (Å²) in [6.45, 7) is 0. The van der Waals surface area contributed by atoms with Crippen LogP contribution in [0.4, 0.5) is 0 Å². The van der Waals surface area contributed by atoms with E-state index in [1.54, 1.807) is 16.7 Å². The Bertz CT molecular complexity index is 593. The second kappa shape index (κ2) is 3.38. The Labute approximate surface area is 92.2 Å². The van der Waals surface area contributed by atoms with Crippen LogP contribution in [0, 0.1) is 0 Å². The van der Waals surface area contributed by atoms with Gasteiger partial charge >= 0.3 is 0 Å². The molecule has 0 fully saturated rings. The van der Waals surface area contributed by atoms with Crippen molar-refractivity contribution < 1.29 is 14.2 Å². The number of fused-ring (bicyclic) bond motifs is 1. The van der Waals surface area contributed by atoms with Crippen LogP contribution in [0.15, 0.2) is 59.3 Å². The van der Waals surface area contributed by atoms with E-state index < -0.39 is 0 Å². The van der Waals surface area contributed by atoms with Gasteiger partial charge in [-0.15, -0.1) is 0 Å². The van der Waals surface area contributed by atoms with Crippen LogP contribution in [-0.4, -0.2) is 5.11 Å². The molecule has 0 saturated carbocycles. The van der Waals surface area contributed by atoms with Crippen LogP contribution in [0.5, 0.6) is 5.75 Å². The number of hydrogen-bond donors (Lipinski definition) is 1. The molecule has 2 heterocycles. The molecule has 0 aliphatic rings. The minimum Gasteiger partial charge on any atom is -0.508 e. The van der Waals surface area contributed by atoms with Gasteiger partial charge in [-0.05, 0) is 30.3 Å². The average Bonchev–Trinajstić information content (AvgIpc) is 2.73. The summed E-state index contributed by atoms with van der Waals surface area (Å²) in [7, 11) is 0. The fourth-order valence-corrected chi connectivity index (χ4v) is 1.66. The van der Waals surface area contributed by atoms with Gasteiger partial charge in [0.1, 0.15) is 5.75 Å². The SMILES string of the molecule is Oc1ccc(-c2cc3cccc[n+]3o2)cc1. The van der Waals surface area contributed by atoms with Crippen LogP contribution in [0.25, 0.3) is 16.8 Å². The predicted octanol–water partition coefficient (Wildman–Crippen LogP) is 2.39. The third kappa shape index (κ3) is 1.42. The fourth-order valence-electron chi connectivity index (χ4n) is 1.66. The highest BCUT2D eigenvalue weighted by Crippen LogP contribution is 2.22. The largest absolute Gasteiger partial charge is 0.508 e. The molecule has 0 spiro atoms. The molecule has 0 unspecified atom stereocenters. The van der Waals surface area contributed by atoms with Crippen LogP contribution in [0.2, 0.25) is 0 Å². The van der Waals surface area contributed by atoms with E-state index in [0.29, 0.717) is 0 Å². The predicted molar refractivity (Wildman–Crippen MR) is 59.0 cm³/mol. The number of phenols is 1. The van der Waals surface area contributed by atoms with E-state index in [2.05, 4.69) is 0 Å². The molecule has 0 radical (unpaired) electrons. The first kappa shape index (κ1) is 8.97. The second-order valence-electron chi connectivity index (χ2n) is 3.60. The van der Waals surface area contributed by atoms with Gasteiger partial charge in [-0.2, -0.15) is 0 Å². The summed E-state index contributed by atoms with van der Waals surface area (Å²) in [6.07, 6.45) is 1.86. The van der Waals surface area contributed by atoms with Crippen LogP contribution >= 0.6 is 0 Å². The van der Waals surface area contributed by atoms with Crippen molar-refractivity contribution >= 4 is 5.52 Å². The molecule has 2 aromatic heterocycles. The smallest absolute Gasteiger partial charge is 0.262 e. The lowest BCUT2D eigenvalue weighted by Crippen LogP contribution is -2.15. The Balaban J connectivity index is 2.15. The van der Waals surface area contributed by atoms with Crippen LogP contribution < -0.4 is 4.57 Å². The number of aromatic hydroxyl groups is 1. The highest BCUT2D eigenvalue weighted by atomic mass is 16.5. The molecule has 1 aromatic carbocycles. The van der Waals surface area contributed by atoms with Gasteiger partial charge in [-0.3, -0.25) is 0 Å². The van der Waals surface area contributed by atoms with Gasteiger partial charge in [-0.25, -0.2) is 4.52 Å². The first-order valence-electron chi connectivity index (χ1n) is 5.03. The zero-order valence-corrected chi connectivity index (χ0v) is 8.50. The Kier molecular flexibility index (Phi) is 1.90. The molecule has 3 heteroatoms. The Morgan fingerprint density at radius 1 is 1.00 bits per heavy atom. The quantitative estimate of drug-likeness (QED) is 0.629. The van der Waals surface area contributed by atoms with Crippen LogP contribution in [-0.2, 0) is 0 Å². The summed E-state index contributed by atoms with van der Waals surface area (Å²) in [5, 5.41) is 9.21. The summed E-state index contributed by atoms with van der Waals surface area (Å²) in [4.78, 5) is 0. The molecular formula is C13H10NO2+. The highest BCUT2D eigenvalue weighted by molar-refractivity contribution is 5.62. The summed E-state index contributed by atoms with van der Waals surface area (Å²) < 4.78 is 7.34. The van der Waals surface area contributed by atoms with Gasteiger partial charge in [0.15, 0.2) is 0 Å². The van der Waals surface area contributed by atoms with Gasteiger partial charge in [-0.1, -0.05) is 0 Å². The van der Waals surface area contributed by atoms with E-state index >= 15 is 0 Å². The van der Waals surface area contributed by atoms with Gasteiger partial charge in [0.2, 0.25) is 12.0 Å². The molecular weight excluding hydrogens is 202 g/mol. The van der Waals surface area contributed by atoms with E-state index in [9.17, 15) is 5.11 Å². The summed E-state index contributed by atoms with van der Waals surface area (Å²) in [5.74, 6) is 1.04. The first-order chi connectivity index (χ1) is 7.83. The molecule has 0 saturated heterocycles. The molecule has 0 aliphatic heterocycles. The molecule has 3 nitrogen and oxygen atoms in total. The average molecular weight is 212 g/mol. The molecule has 1 N–H and O–H groups in total. The lowest BCUT2D eigenvalue weighted by atomic mass is 10.1. The zero-order chi connectivity index (χ0) is 11.0. The molecule has 16 heavy (non-hydrogen) atoms. The van der Waals surface area contributed by atoms with E-state index in [4.69, 9.17) is 4.52 Å². The summed E-state index contributed by atoms with van der Waals surface area (Å²) in [5.41, 5.74) is 1.95. The minimum atomic E-state index is 0.257. The summed E-state index contributed by atoms with van der Waals surface area (Å²) >= 11 is 0. The third-order valence-electron chi connectivity index (χ3n) is 2.48. The molecule has 78 valence electrons. The maximum absolute atomic E-state index is 9.21. The Morgan fingerprint density at radius 3 is 2.56 bits per heavy atom. The topological polar surface area (TPSA) is 37.5 Å². The number of hydrogen-bond acceptors (Lipinski definition) is 2. The normalized spacial score (nSPS) is 10.8. The highest BCUT2D eigenvalue weighted by Gasteiger charge is 2.12. The van der Waals surface area contributed by atoms with Crippen molar-refractivity contribution in [2.24, 2.45) is 0 Å². The van der Waals surface area contributed by atoms with E-state index in [-0.39, 0.29) is 5.75 Å². The lowest BCUT2D eigenvalue weighted by molar-refractivity contribution is -0.714. The van der Waals surface area contributed by atoms with Crippen molar-refractivity contribution in [3.05, 3.63) is 54.7 Å². The molecule has 0 bridgehead atoms. The number of rotatable bonds is 1. The van der Waals surface area contributed by atoms with Crippen LogP contribution in [0.3, 0.4) is 0 Å². The van der Waals surface area contributed by atoms with Gasteiger partial charge < -0.3 is 5.11 Å². The monoisotopic (exact) mass is 212 g/mol. The van der Waals surface area contributed by atoms with Gasteiger partial charge in [0, 0.05) is 22.3 Å². The molecule has 0 amide bonds. The van der Waals surface area contributed by atoms with Crippen molar-refractivity contribution in [3.63, 3.8) is 0 Å². The zero-order valence-electron chi connectivity index (χ0n) is 8.50. The van der Waals surface area contributed by atoms with Crippen molar-refractivity contribution in [3.8, 4) is 17.1 Å². The Morgan fingerprint density at radius 2 is 1.81 bits per heavy atom. The maximum atomic E-state index is 9.21. The fraction of sp³-hybridized carbons (Fsp3) is 0. The van der Waals surface area contributed by atoms with Crippen molar-refractivity contribution in [2.75, 3.05) is 0 Å². The van der Waals surface area contributed by atoms with Crippen molar-refractivity contribution in [1.82, 2.24) is 0 Å². The van der Waals surface area contributed by atoms with Crippen LogP contribution in [0.1, 0.15) is 0 Å². The third-order valence-corrected chi connectivity index (χ3v) is 2.48. The Hall–Kier alpha value is -2.29. The standard InChI is InChI=1S/C13H9NO2/c15-12-6-4-10(5-7-12)13-9-11-3-1-2-8-14(11)16-13/h1-9H/p+1. The van der Waals surface area contributed by atoms with E-state index in [1.165, 1.54) is 0 Å². The number of nitrogens with zero attached hydrogens (tertiary/aromatic N) is 1. The van der Waals surface area contributed by atoms with E-state index in [1.807, 2.05) is 42.6 Å². The van der Waals surface area contributed by atoms with Crippen molar-refractivity contribution in [2.45, 2.75) is 0 Å². The number of pyridine rings is 1. The molecule has 0 atom stereocenters. The molecule has 0 aliphatic carbocycles. The minimum absolute atomic E-state index is 0.257. The number of benzene rings is 1.